The number of piperazine rings is 1. The molecule has 0 spiro atoms. The van der Waals surface area contributed by atoms with Gasteiger partial charge in [0.05, 0.1) is 23.8 Å². The summed E-state index contributed by atoms with van der Waals surface area (Å²) in [5.74, 6) is 0.309. The van der Waals surface area contributed by atoms with Crippen molar-refractivity contribution in [2.45, 2.75) is 63.2 Å². The number of carbonyl (C=O) groups is 3. The lowest BCUT2D eigenvalue weighted by molar-refractivity contribution is -0.138. The van der Waals surface area contributed by atoms with Crippen LogP contribution in [0.1, 0.15) is 77.1 Å². The van der Waals surface area contributed by atoms with E-state index in [9.17, 15) is 27.6 Å². The van der Waals surface area contributed by atoms with Crippen LogP contribution in [-0.2, 0) is 22.3 Å². The standard InChI is InChI=1S/C40H43F3N6O4/c41-40(42,43)35-24-32(6-3-29(35)25-44)47-16-13-28(14-17-47)27-4-8-33(9-5-27)53-22-2-1-15-46-18-20-48(21-19-46)31-7-10-34-30(23-31)26-49(39(34)52)36-11-12-37(50)45-38(36)51/h3-10,23-24,28,36H,1-2,11-22,26H2,(H,45,50,51). The minimum atomic E-state index is -4.56. The fraction of sp³-hybridized carbons (Fsp3) is 0.450. The quantitative estimate of drug-likeness (QED) is 0.209. The maximum Gasteiger partial charge on any atom is 0.417 e. The largest absolute Gasteiger partial charge is 0.494 e. The van der Waals surface area contributed by atoms with Crippen LogP contribution in [0.2, 0.25) is 0 Å². The summed E-state index contributed by atoms with van der Waals surface area (Å²) in [5.41, 5.74) is 3.09. The number of rotatable bonds is 10. The number of hydrogen-bond donors (Lipinski definition) is 1. The normalized spacial score (nSPS) is 20.0. The molecule has 13 heteroatoms. The third kappa shape index (κ3) is 8.13. The second-order valence-corrected chi connectivity index (χ2v) is 14.3. The molecule has 4 aliphatic heterocycles. The molecule has 1 N–H and O–H groups in total. The minimum absolute atomic E-state index is 0.154. The number of imide groups is 1. The van der Waals surface area contributed by atoms with Gasteiger partial charge in [0.1, 0.15) is 11.8 Å². The van der Waals surface area contributed by atoms with Crippen LogP contribution < -0.4 is 19.9 Å². The molecule has 0 aromatic heterocycles. The van der Waals surface area contributed by atoms with Gasteiger partial charge >= 0.3 is 6.18 Å². The predicted molar refractivity (Wildman–Crippen MR) is 193 cm³/mol. The monoisotopic (exact) mass is 728 g/mol. The Balaban J connectivity index is 0.800. The zero-order valence-electron chi connectivity index (χ0n) is 29.5. The molecule has 3 saturated heterocycles. The van der Waals surface area contributed by atoms with Crippen molar-refractivity contribution < 1.29 is 32.3 Å². The fourth-order valence-corrected chi connectivity index (χ4v) is 7.98. The van der Waals surface area contributed by atoms with Gasteiger partial charge in [0, 0.05) is 69.2 Å². The molecule has 1 atom stereocenters. The Kier molecular flexibility index (Phi) is 10.6. The number of anilines is 2. The van der Waals surface area contributed by atoms with Gasteiger partial charge in [-0.05, 0) is 104 Å². The highest BCUT2D eigenvalue weighted by atomic mass is 19.4. The molecule has 0 radical (unpaired) electrons. The highest BCUT2D eigenvalue weighted by Crippen LogP contribution is 2.37. The first-order valence-corrected chi connectivity index (χ1v) is 18.4. The van der Waals surface area contributed by atoms with E-state index in [-0.39, 0.29) is 23.8 Å². The van der Waals surface area contributed by atoms with Crippen LogP contribution in [-0.4, -0.2) is 86.0 Å². The lowest BCUT2D eigenvalue weighted by Crippen LogP contribution is -2.52. The van der Waals surface area contributed by atoms with Crippen molar-refractivity contribution in [3.8, 4) is 11.8 Å². The SMILES string of the molecule is N#Cc1ccc(N2CCC(c3ccc(OCCCCN4CCN(c5ccc6c(c5)CN(C5CCC(=O)NC5=O)C6=O)CC4)cc3)CC2)cc1C(F)(F)F. The number of nitrogens with one attached hydrogen (secondary N) is 1. The first kappa shape index (κ1) is 36.3. The molecule has 3 aromatic carbocycles. The van der Waals surface area contributed by atoms with Crippen LogP contribution in [0.25, 0.3) is 0 Å². The topological polar surface area (TPSA) is 109 Å². The molecule has 7 rings (SSSR count). The number of unbranched alkanes of at least 4 members (excludes halogenated alkanes) is 1. The summed E-state index contributed by atoms with van der Waals surface area (Å²) in [6.07, 6.45) is -0.348. The van der Waals surface area contributed by atoms with E-state index in [4.69, 9.17) is 10.00 Å². The Morgan fingerprint density at radius 3 is 2.23 bits per heavy atom. The summed E-state index contributed by atoms with van der Waals surface area (Å²) in [6, 6.07) is 19.1. The Morgan fingerprint density at radius 1 is 0.830 bits per heavy atom. The molecule has 278 valence electrons. The average molecular weight is 729 g/mol. The van der Waals surface area contributed by atoms with Crippen LogP contribution in [0.3, 0.4) is 0 Å². The highest BCUT2D eigenvalue weighted by Gasteiger charge is 2.39. The van der Waals surface area contributed by atoms with Gasteiger partial charge in [-0.15, -0.1) is 0 Å². The third-order valence-electron chi connectivity index (χ3n) is 11.0. The van der Waals surface area contributed by atoms with E-state index in [2.05, 4.69) is 33.3 Å². The Bertz CT molecular complexity index is 1880. The van der Waals surface area contributed by atoms with E-state index in [0.717, 1.165) is 81.5 Å². The van der Waals surface area contributed by atoms with Crippen LogP contribution in [0.5, 0.6) is 5.75 Å². The molecular weight excluding hydrogens is 685 g/mol. The summed E-state index contributed by atoms with van der Waals surface area (Å²) >= 11 is 0. The third-order valence-corrected chi connectivity index (χ3v) is 11.0. The molecular formula is C40H43F3N6O4. The highest BCUT2D eigenvalue weighted by molar-refractivity contribution is 6.05. The molecule has 3 amide bonds. The maximum absolute atomic E-state index is 13.4. The molecule has 3 aromatic rings. The van der Waals surface area contributed by atoms with Crippen LogP contribution >= 0.6 is 0 Å². The number of halogens is 3. The van der Waals surface area contributed by atoms with E-state index in [0.29, 0.717) is 49.8 Å². The van der Waals surface area contributed by atoms with Gasteiger partial charge in [0.2, 0.25) is 11.8 Å². The predicted octanol–water partition coefficient (Wildman–Crippen LogP) is 5.70. The number of fused-ring (bicyclic) bond motifs is 1. The van der Waals surface area contributed by atoms with Gasteiger partial charge in [-0.1, -0.05) is 12.1 Å². The summed E-state index contributed by atoms with van der Waals surface area (Å²) < 4.78 is 46.4. The molecule has 10 nitrogen and oxygen atoms in total. The van der Waals surface area contributed by atoms with E-state index < -0.39 is 23.7 Å². The maximum atomic E-state index is 13.4. The van der Waals surface area contributed by atoms with E-state index >= 15 is 0 Å². The first-order valence-electron chi connectivity index (χ1n) is 18.4. The summed E-state index contributed by atoms with van der Waals surface area (Å²) in [4.78, 5) is 45.3. The molecule has 4 heterocycles. The van der Waals surface area contributed by atoms with Gasteiger partial charge in [-0.3, -0.25) is 24.6 Å². The van der Waals surface area contributed by atoms with Crippen LogP contribution in [0, 0.1) is 11.3 Å². The molecule has 1 unspecified atom stereocenters. The summed E-state index contributed by atoms with van der Waals surface area (Å²) in [7, 11) is 0. The number of carbonyl (C=O) groups excluding carboxylic acids is 3. The summed E-state index contributed by atoms with van der Waals surface area (Å²) in [5, 5.41) is 11.4. The lowest BCUT2D eigenvalue weighted by Gasteiger charge is -2.36. The molecule has 4 aliphatic rings. The second-order valence-electron chi connectivity index (χ2n) is 14.3. The lowest BCUT2D eigenvalue weighted by atomic mass is 9.89. The summed E-state index contributed by atoms with van der Waals surface area (Å²) in [6.45, 7) is 6.96. The van der Waals surface area contributed by atoms with Crippen LogP contribution in [0.4, 0.5) is 24.5 Å². The van der Waals surface area contributed by atoms with Gasteiger partial charge in [-0.2, -0.15) is 18.4 Å². The number of nitriles is 1. The zero-order valence-corrected chi connectivity index (χ0v) is 29.5. The number of benzene rings is 3. The number of piperidine rings is 2. The van der Waals surface area contributed by atoms with Crippen molar-refractivity contribution >= 4 is 29.1 Å². The first-order chi connectivity index (χ1) is 25.6. The fourth-order valence-electron chi connectivity index (χ4n) is 7.98. The Labute approximate surface area is 307 Å². The van der Waals surface area contributed by atoms with Gasteiger partial charge in [0.25, 0.3) is 5.91 Å². The van der Waals surface area contributed by atoms with Gasteiger partial charge in [0.15, 0.2) is 0 Å². The molecule has 53 heavy (non-hydrogen) atoms. The van der Waals surface area contributed by atoms with Crippen molar-refractivity contribution in [2.75, 3.05) is 62.2 Å². The number of amides is 3. The van der Waals surface area contributed by atoms with Gasteiger partial charge < -0.3 is 19.4 Å². The van der Waals surface area contributed by atoms with E-state index in [1.807, 2.05) is 29.2 Å². The smallest absolute Gasteiger partial charge is 0.417 e. The molecule has 0 aliphatic carbocycles. The number of hydrogen-bond acceptors (Lipinski definition) is 8. The number of alkyl halides is 3. The van der Waals surface area contributed by atoms with Crippen LogP contribution in [0.15, 0.2) is 60.7 Å². The van der Waals surface area contributed by atoms with Crippen molar-refractivity contribution in [3.05, 3.63) is 88.5 Å². The van der Waals surface area contributed by atoms with Crippen molar-refractivity contribution in [1.82, 2.24) is 15.1 Å². The zero-order chi connectivity index (χ0) is 37.1. The van der Waals surface area contributed by atoms with E-state index in [1.165, 1.54) is 11.6 Å². The van der Waals surface area contributed by atoms with Crippen molar-refractivity contribution in [3.63, 3.8) is 0 Å². The Hall–Kier alpha value is -5.09. The van der Waals surface area contributed by atoms with Crippen molar-refractivity contribution in [1.29, 1.82) is 5.26 Å². The molecule has 3 fully saturated rings. The number of nitrogens with zero attached hydrogens (tertiary/aromatic N) is 5. The van der Waals surface area contributed by atoms with E-state index in [1.54, 1.807) is 17.0 Å². The number of ether oxygens (including phenoxy) is 1. The minimum Gasteiger partial charge on any atom is -0.494 e. The average Bonchev–Trinajstić information content (AvgIpc) is 3.49. The van der Waals surface area contributed by atoms with Gasteiger partial charge in [-0.25, -0.2) is 0 Å². The molecule has 0 bridgehead atoms. The second kappa shape index (κ2) is 15.5. The van der Waals surface area contributed by atoms with Crippen molar-refractivity contribution in [2.24, 2.45) is 0 Å². The Morgan fingerprint density at radius 2 is 1.53 bits per heavy atom. The molecule has 0 saturated carbocycles.